The predicted molar refractivity (Wildman–Crippen MR) is 161 cm³/mol. The second-order valence-electron chi connectivity index (χ2n) is 11.0. The Labute approximate surface area is 240 Å². The summed E-state index contributed by atoms with van der Waals surface area (Å²) < 4.78 is 0. The molecule has 3 aliphatic heterocycles. The molecule has 3 aromatic rings. The number of benzene rings is 2. The number of rotatable bonds is 7. The lowest BCUT2D eigenvalue weighted by Gasteiger charge is -2.38. The number of anilines is 4. The van der Waals surface area contributed by atoms with Crippen LogP contribution in [0.5, 0.6) is 0 Å². The highest BCUT2D eigenvalue weighted by atomic mass is 16.2. The summed E-state index contributed by atoms with van der Waals surface area (Å²) in [6.07, 6.45) is 5.55. The molecule has 214 valence electrons. The van der Waals surface area contributed by atoms with Gasteiger partial charge in [-0.1, -0.05) is 12.1 Å². The van der Waals surface area contributed by atoms with Gasteiger partial charge in [0.1, 0.15) is 0 Å². The number of piperidine rings is 1. The molecule has 10 nitrogen and oxygen atoms in total. The highest BCUT2D eigenvalue weighted by molar-refractivity contribution is 5.95. The van der Waals surface area contributed by atoms with E-state index >= 15 is 0 Å². The van der Waals surface area contributed by atoms with Gasteiger partial charge < -0.3 is 31.1 Å². The zero-order chi connectivity index (χ0) is 28.0. The van der Waals surface area contributed by atoms with E-state index in [1.54, 1.807) is 6.20 Å². The van der Waals surface area contributed by atoms with E-state index in [4.69, 9.17) is 4.98 Å². The van der Waals surface area contributed by atoms with Crippen LogP contribution in [0, 0.1) is 5.92 Å². The third-order valence-corrected chi connectivity index (χ3v) is 8.25. The van der Waals surface area contributed by atoms with Crippen molar-refractivity contribution in [3.8, 4) is 11.3 Å². The molecule has 4 heterocycles. The van der Waals surface area contributed by atoms with Gasteiger partial charge in [0, 0.05) is 60.9 Å². The molecule has 1 aromatic heterocycles. The molecule has 0 unspecified atom stereocenters. The van der Waals surface area contributed by atoms with Crippen molar-refractivity contribution < 1.29 is 9.59 Å². The summed E-state index contributed by atoms with van der Waals surface area (Å²) in [5.41, 5.74) is 4.57. The van der Waals surface area contributed by atoms with Crippen LogP contribution in [0.4, 0.5) is 23.0 Å². The molecule has 10 heteroatoms. The van der Waals surface area contributed by atoms with E-state index in [1.807, 2.05) is 47.4 Å². The normalized spacial score (nSPS) is 19.7. The van der Waals surface area contributed by atoms with Gasteiger partial charge in [-0.3, -0.25) is 9.59 Å². The van der Waals surface area contributed by atoms with Crippen LogP contribution in [0.15, 0.2) is 60.8 Å². The summed E-state index contributed by atoms with van der Waals surface area (Å²) in [6, 6.07) is 17.8. The monoisotopic (exact) mass is 554 g/mol. The average molecular weight is 555 g/mol. The standard InChI is InChI=1S/C31H38N8O2/c40-29(28-2-1-14-33-28)35-24-5-3-22(4-6-24)27-13-17-34-31(37-27)36-25-7-9-26(10-8-25)38-18-20-39(21-19-38)30(41)23-11-15-32-16-12-23/h3-10,13,17,23,28,32-33H,1-2,11-12,14-16,18-21H2,(H,35,40)(H,34,36,37)/t28-/m1/s1. The van der Waals surface area contributed by atoms with Crippen molar-refractivity contribution in [2.24, 2.45) is 5.92 Å². The number of carbonyl (C=O) groups is 2. The summed E-state index contributed by atoms with van der Waals surface area (Å²) >= 11 is 0. The molecule has 2 amide bonds. The number of nitrogens with zero attached hydrogens (tertiary/aromatic N) is 4. The number of piperazine rings is 1. The van der Waals surface area contributed by atoms with Crippen molar-refractivity contribution in [1.29, 1.82) is 0 Å². The Morgan fingerprint density at radius 2 is 1.56 bits per heavy atom. The molecule has 3 aliphatic rings. The number of nitrogens with one attached hydrogen (secondary N) is 4. The van der Waals surface area contributed by atoms with Crippen LogP contribution in [0.25, 0.3) is 11.3 Å². The van der Waals surface area contributed by atoms with Crippen LogP contribution in [0.3, 0.4) is 0 Å². The van der Waals surface area contributed by atoms with Crippen molar-refractivity contribution in [3.63, 3.8) is 0 Å². The Morgan fingerprint density at radius 1 is 0.829 bits per heavy atom. The van der Waals surface area contributed by atoms with Crippen LogP contribution in [-0.4, -0.2) is 78.5 Å². The van der Waals surface area contributed by atoms with Gasteiger partial charge in [-0.15, -0.1) is 0 Å². The molecule has 0 spiro atoms. The molecule has 4 N–H and O–H groups in total. The molecule has 41 heavy (non-hydrogen) atoms. The third-order valence-electron chi connectivity index (χ3n) is 8.25. The summed E-state index contributed by atoms with van der Waals surface area (Å²) in [7, 11) is 0. The van der Waals surface area contributed by atoms with E-state index in [0.717, 1.165) is 99.8 Å². The van der Waals surface area contributed by atoms with Crippen molar-refractivity contribution in [3.05, 3.63) is 60.8 Å². The number of carbonyl (C=O) groups excluding carboxylic acids is 2. The van der Waals surface area contributed by atoms with Gasteiger partial charge in [0.05, 0.1) is 11.7 Å². The first kappa shape index (κ1) is 27.2. The summed E-state index contributed by atoms with van der Waals surface area (Å²) in [6.45, 7) is 6.01. The fourth-order valence-corrected chi connectivity index (χ4v) is 5.84. The number of amides is 2. The van der Waals surface area contributed by atoms with E-state index in [1.165, 1.54) is 0 Å². The summed E-state index contributed by atoms with van der Waals surface area (Å²) in [4.78, 5) is 38.7. The Bertz CT molecular complexity index is 1330. The maximum Gasteiger partial charge on any atom is 0.241 e. The van der Waals surface area contributed by atoms with Crippen LogP contribution in [0.2, 0.25) is 0 Å². The van der Waals surface area contributed by atoms with Crippen molar-refractivity contribution in [1.82, 2.24) is 25.5 Å². The second kappa shape index (κ2) is 12.7. The Morgan fingerprint density at radius 3 is 2.27 bits per heavy atom. The Hall–Kier alpha value is -4.02. The minimum absolute atomic E-state index is 0.0137. The number of hydrogen-bond donors (Lipinski definition) is 4. The smallest absolute Gasteiger partial charge is 0.241 e. The van der Waals surface area contributed by atoms with E-state index in [9.17, 15) is 9.59 Å². The predicted octanol–water partition coefficient (Wildman–Crippen LogP) is 3.23. The molecule has 1 atom stereocenters. The van der Waals surface area contributed by atoms with Crippen LogP contribution < -0.4 is 26.2 Å². The zero-order valence-electron chi connectivity index (χ0n) is 23.3. The van der Waals surface area contributed by atoms with E-state index < -0.39 is 0 Å². The first-order chi connectivity index (χ1) is 20.1. The lowest BCUT2D eigenvalue weighted by atomic mass is 9.96. The molecule has 0 aliphatic carbocycles. The fraction of sp³-hybridized carbons (Fsp3) is 0.419. The van der Waals surface area contributed by atoms with Gasteiger partial charge in [0.25, 0.3) is 0 Å². The zero-order valence-corrected chi connectivity index (χ0v) is 23.3. The summed E-state index contributed by atoms with van der Waals surface area (Å²) in [5, 5.41) is 12.9. The quantitative estimate of drug-likeness (QED) is 0.352. The maximum atomic E-state index is 12.9. The van der Waals surface area contributed by atoms with Crippen molar-refractivity contribution in [2.75, 3.05) is 61.3 Å². The van der Waals surface area contributed by atoms with Gasteiger partial charge in [0.15, 0.2) is 0 Å². The highest BCUT2D eigenvalue weighted by Gasteiger charge is 2.28. The van der Waals surface area contributed by atoms with Crippen molar-refractivity contribution >= 4 is 34.8 Å². The highest BCUT2D eigenvalue weighted by Crippen LogP contribution is 2.25. The van der Waals surface area contributed by atoms with Crippen LogP contribution in [0.1, 0.15) is 25.7 Å². The van der Waals surface area contributed by atoms with Gasteiger partial charge in [-0.2, -0.15) is 0 Å². The van der Waals surface area contributed by atoms with Crippen LogP contribution in [-0.2, 0) is 9.59 Å². The Balaban J connectivity index is 1.02. The molecule has 3 saturated heterocycles. The molecule has 2 aromatic carbocycles. The van der Waals surface area contributed by atoms with Gasteiger partial charge in [-0.25, -0.2) is 9.97 Å². The van der Waals surface area contributed by atoms with E-state index in [0.29, 0.717) is 11.9 Å². The lowest BCUT2D eigenvalue weighted by Crippen LogP contribution is -2.51. The summed E-state index contributed by atoms with van der Waals surface area (Å²) in [5.74, 6) is 1.04. The largest absolute Gasteiger partial charge is 0.368 e. The topological polar surface area (TPSA) is 115 Å². The maximum absolute atomic E-state index is 12.9. The minimum atomic E-state index is -0.107. The SMILES string of the molecule is O=C(Nc1ccc(-c2ccnc(Nc3ccc(N4CCN(C(=O)C5CCNCC5)CC4)cc3)n2)cc1)[C@H]1CCCN1. The van der Waals surface area contributed by atoms with Crippen LogP contribution >= 0.6 is 0 Å². The van der Waals surface area contributed by atoms with E-state index in [2.05, 4.69) is 43.3 Å². The molecule has 3 fully saturated rings. The van der Waals surface area contributed by atoms with Gasteiger partial charge in [0.2, 0.25) is 17.8 Å². The van der Waals surface area contributed by atoms with Crippen molar-refractivity contribution in [2.45, 2.75) is 31.7 Å². The molecule has 0 bridgehead atoms. The Kier molecular flexibility index (Phi) is 8.39. The van der Waals surface area contributed by atoms with Gasteiger partial charge in [-0.05, 0) is 87.8 Å². The number of aromatic nitrogens is 2. The fourth-order valence-electron chi connectivity index (χ4n) is 5.84. The molecule has 0 saturated carbocycles. The average Bonchev–Trinajstić information content (AvgIpc) is 3.58. The first-order valence-corrected chi connectivity index (χ1v) is 14.7. The molecular weight excluding hydrogens is 516 g/mol. The first-order valence-electron chi connectivity index (χ1n) is 14.7. The number of hydrogen-bond acceptors (Lipinski definition) is 8. The molecular formula is C31H38N8O2. The third kappa shape index (κ3) is 6.66. The second-order valence-corrected chi connectivity index (χ2v) is 11.0. The molecule has 6 rings (SSSR count). The minimum Gasteiger partial charge on any atom is -0.368 e. The molecule has 0 radical (unpaired) electrons. The van der Waals surface area contributed by atoms with E-state index in [-0.39, 0.29) is 17.9 Å². The lowest BCUT2D eigenvalue weighted by molar-refractivity contribution is -0.136. The van der Waals surface area contributed by atoms with Gasteiger partial charge >= 0.3 is 0 Å².